The van der Waals surface area contributed by atoms with Gasteiger partial charge in [-0.05, 0) is 29.8 Å². The Bertz CT molecular complexity index is 672. The molecule has 0 fully saturated rings. The van der Waals surface area contributed by atoms with Crippen LogP contribution in [-0.2, 0) is 6.42 Å². The molecule has 0 aliphatic rings. The summed E-state index contributed by atoms with van der Waals surface area (Å²) < 4.78 is 0. The molecule has 7 heteroatoms. The number of allylic oxidation sites excluding steroid dienone is 1. The molecule has 0 spiro atoms. The van der Waals surface area contributed by atoms with Crippen molar-refractivity contribution in [2.24, 2.45) is 0 Å². The normalized spacial score (nSPS) is 11.2. The Morgan fingerprint density at radius 1 is 1.33 bits per heavy atom. The number of hydrogen-bond acceptors (Lipinski definition) is 4. The van der Waals surface area contributed by atoms with Crippen molar-refractivity contribution in [1.29, 1.82) is 0 Å². The van der Waals surface area contributed by atoms with Crippen molar-refractivity contribution in [3.8, 4) is 0 Å². The minimum Gasteiger partial charge on any atom is -0.354 e. The highest BCUT2D eigenvalue weighted by Gasteiger charge is 2.07. The number of pyridine rings is 1. The highest BCUT2D eigenvalue weighted by Crippen LogP contribution is 2.18. The zero-order chi connectivity index (χ0) is 15.2. The zero-order valence-electron chi connectivity index (χ0n) is 10.8. The van der Waals surface area contributed by atoms with Gasteiger partial charge in [-0.3, -0.25) is 10.1 Å². The third kappa shape index (κ3) is 5.06. The minimum absolute atomic E-state index is 0.331. The summed E-state index contributed by atoms with van der Waals surface area (Å²) in [5, 5.41) is 14.7. The van der Waals surface area contributed by atoms with Gasteiger partial charge >= 0.3 is 0 Å². The molecule has 0 aliphatic carbocycles. The largest absolute Gasteiger partial charge is 0.354 e. The lowest BCUT2D eigenvalue weighted by Crippen LogP contribution is -2.06. The molecule has 1 N–H and O–H groups in total. The maximum atomic E-state index is 10.7. The van der Waals surface area contributed by atoms with Crippen molar-refractivity contribution in [3.63, 3.8) is 0 Å². The molecule has 1 aromatic heterocycles. The second kappa shape index (κ2) is 7.06. The maximum Gasteiger partial charge on any atom is 0.253 e. The topological polar surface area (TPSA) is 68.1 Å². The van der Waals surface area contributed by atoms with E-state index in [0.717, 1.165) is 11.8 Å². The van der Waals surface area contributed by atoms with E-state index in [1.807, 2.05) is 0 Å². The number of anilines is 1. The van der Waals surface area contributed by atoms with Crippen LogP contribution in [0, 0.1) is 10.1 Å². The quantitative estimate of drug-likeness (QED) is 0.509. The number of halogens is 2. The Balaban J connectivity index is 2.19. The van der Waals surface area contributed by atoms with Gasteiger partial charge in [0.1, 0.15) is 5.15 Å². The van der Waals surface area contributed by atoms with Crippen molar-refractivity contribution >= 4 is 28.9 Å². The first-order chi connectivity index (χ1) is 10.0. The predicted octanol–water partition coefficient (Wildman–Crippen LogP) is 4.16. The Morgan fingerprint density at radius 2 is 2.14 bits per heavy atom. The zero-order valence-corrected chi connectivity index (χ0v) is 12.3. The van der Waals surface area contributed by atoms with E-state index < -0.39 is 4.92 Å². The molecule has 0 radical (unpaired) electrons. The van der Waals surface area contributed by atoms with Crippen molar-refractivity contribution in [2.75, 3.05) is 5.32 Å². The Morgan fingerprint density at radius 3 is 2.76 bits per heavy atom. The van der Waals surface area contributed by atoms with Crippen molar-refractivity contribution in [2.45, 2.75) is 6.42 Å². The van der Waals surface area contributed by atoms with Crippen LogP contribution in [0.25, 0.3) is 0 Å². The molecular formula is C14H11Cl2N3O2. The van der Waals surface area contributed by atoms with Crippen LogP contribution >= 0.6 is 23.2 Å². The molecule has 5 nitrogen and oxygen atoms in total. The molecule has 0 aliphatic heterocycles. The van der Waals surface area contributed by atoms with E-state index in [-0.39, 0.29) is 0 Å². The molecule has 1 heterocycles. The summed E-state index contributed by atoms with van der Waals surface area (Å²) in [6.45, 7) is 0. The molecule has 0 unspecified atom stereocenters. The first-order valence-electron chi connectivity index (χ1n) is 6.00. The molecular weight excluding hydrogens is 313 g/mol. The van der Waals surface area contributed by atoms with Crippen LogP contribution in [0.15, 0.2) is 54.5 Å². The molecule has 1 aromatic carbocycles. The van der Waals surface area contributed by atoms with Crippen LogP contribution in [-0.4, -0.2) is 9.91 Å². The lowest BCUT2D eigenvalue weighted by atomic mass is 10.1. The van der Waals surface area contributed by atoms with Gasteiger partial charge in [-0.1, -0.05) is 35.3 Å². The molecule has 0 saturated carbocycles. The first-order valence-corrected chi connectivity index (χ1v) is 6.76. The van der Waals surface area contributed by atoms with Crippen LogP contribution in [0.5, 0.6) is 0 Å². The summed E-state index contributed by atoms with van der Waals surface area (Å²) in [6, 6.07) is 10.4. The Kier molecular flexibility index (Phi) is 5.14. The number of nitrogens with one attached hydrogen (secondary N) is 1. The second-order valence-corrected chi connectivity index (χ2v) is 5.06. The van der Waals surface area contributed by atoms with E-state index in [1.165, 1.54) is 0 Å². The van der Waals surface area contributed by atoms with Gasteiger partial charge in [-0.2, -0.15) is 0 Å². The molecule has 0 saturated heterocycles. The highest BCUT2D eigenvalue weighted by molar-refractivity contribution is 6.30. The monoisotopic (exact) mass is 323 g/mol. The predicted molar refractivity (Wildman–Crippen MR) is 83.1 cm³/mol. The average Bonchev–Trinajstić information content (AvgIpc) is 2.40. The van der Waals surface area contributed by atoms with Gasteiger partial charge < -0.3 is 5.32 Å². The van der Waals surface area contributed by atoms with Gasteiger partial charge in [0.15, 0.2) is 0 Å². The van der Waals surface area contributed by atoms with Gasteiger partial charge in [0.2, 0.25) is 0 Å². The highest BCUT2D eigenvalue weighted by atomic mass is 35.5. The molecule has 108 valence electrons. The summed E-state index contributed by atoms with van der Waals surface area (Å²) in [5.41, 5.74) is 1.91. The van der Waals surface area contributed by atoms with Gasteiger partial charge in [0, 0.05) is 23.3 Å². The standard InChI is InChI=1S/C14H11Cl2N3O2/c15-11-2-1-3-12(7-11)18-13(9-19(20)21)6-10-4-5-14(16)17-8-10/h1-5,7-9,18H,6H2. The van der Waals surface area contributed by atoms with Gasteiger partial charge in [0.05, 0.1) is 10.6 Å². The van der Waals surface area contributed by atoms with E-state index in [0.29, 0.717) is 28.0 Å². The van der Waals surface area contributed by atoms with Crippen LogP contribution in [0.3, 0.4) is 0 Å². The van der Waals surface area contributed by atoms with Gasteiger partial charge in [0.25, 0.3) is 6.20 Å². The minimum atomic E-state index is -0.504. The summed E-state index contributed by atoms with van der Waals surface area (Å²) in [5.74, 6) is 0. The maximum absolute atomic E-state index is 10.7. The molecule has 21 heavy (non-hydrogen) atoms. The summed E-state index contributed by atoms with van der Waals surface area (Å²) in [6.07, 6.45) is 2.84. The van der Waals surface area contributed by atoms with E-state index >= 15 is 0 Å². The third-order valence-electron chi connectivity index (χ3n) is 2.57. The van der Waals surface area contributed by atoms with Crippen molar-refractivity contribution < 1.29 is 4.92 Å². The van der Waals surface area contributed by atoms with Gasteiger partial charge in [-0.25, -0.2) is 4.98 Å². The Hall–Kier alpha value is -2.11. The van der Waals surface area contributed by atoms with E-state index in [2.05, 4.69) is 10.3 Å². The van der Waals surface area contributed by atoms with Crippen LogP contribution in [0.2, 0.25) is 10.2 Å². The average molecular weight is 324 g/mol. The SMILES string of the molecule is O=[N+]([O-])C=C(Cc1ccc(Cl)nc1)Nc1cccc(Cl)c1. The summed E-state index contributed by atoms with van der Waals surface area (Å²) in [4.78, 5) is 14.2. The Labute approximate surface area is 131 Å². The van der Waals surface area contributed by atoms with E-state index in [9.17, 15) is 10.1 Å². The summed E-state index contributed by atoms with van der Waals surface area (Å²) in [7, 11) is 0. The fraction of sp³-hybridized carbons (Fsp3) is 0.0714. The van der Waals surface area contributed by atoms with Crippen molar-refractivity contribution in [3.05, 3.63) is 80.3 Å². The smallest absolute Gasteiger partial charge is 0.253 e. The molecule has 0 amide bonds. The molecule has 2 rings (SSSR count). The number of nitro groups is 1. The van der Waals surface area contributed by atoms with Crippen LogP contribution in [0.1, 0.15) is 5.56 Å². The number of benzene rings is 1. The lowest BCUT2D eigenvalue weighted by molar-refractivity contribution is -0.403. The van der Waals surface area contributed by atoms with E-state index in [1.54, 1.807) is 42.6 Å². The lowest BCUT2D eigenvalue weighted by Gasteiger charge is -2.09. The fourth-order valence-corrected chi connectivity index (χ4v) is 2.03. The fourth-order valence-electron chi connectivity index (χ4n) is 1.73. The van der Waals surface area contributed by atoms with Crippen LogP contribution < -0.4 is 5.32 Å². The number of rotatable bonds is 5. The number of hydrogen-bond donors (Lipinski definition) is 1. The first kappa shape index (κ1) is 15.3. The van der Waals surface area contributed by atoms with Gasteiger partial charge in [-0.15, -0.1) is 0 Å². The van der Waals surface area contributed by atoms with Crippen LogP contribution in [0.4, 0.5) is 5.69 Å². The number of nitrogens with zero attached hydrogens (tertiary/aromatic N) is 2. The second-order valence-electron chi connectivity index (χ2n) is 4.24. The molecule has 0 bridgehead atoms. The molecule has 0 atom stereocenters. The summed E-state index contributed by atoms with van der Waals surface area (Å²) >= 11 is 11.6. The van der Waals surface area contributed by atoms with Crippen molar-refractivity contribution in [1.82, 2.24) is 4.98 Å². The third-order valence-corrected chi connectivity index (χ3v) is 3.03. The molecule has 2 aromatic rings. The van der Waals surface area contributed by atoms with E-state index in [4.69, 9.17) is 23.2 Å². The number of aromatic nitrogens is 1.